The number of nitriles is 1. The van der Waals surface area contributed by atoms with Crippen molar-refractivity contribution in [3.05, 3.63) is 70.6 Å². The highest BCUT2D eigenvalue weighted by molar-refractivity contribution is 6.09. The summed E-state index contributed by atoms with van der Waals surface area (Å²) >= 11 is 0. The van der Waals surface area contributed by atoms with Gasteiger partial charge in [-0.3, -0.25) is 4.79 Å². The molecule has 0 aliphatic carbocycles. The van der Waals surface area contributed by atoms with E-state index in [0.29, 0.717) is 5.69 Å². The summed E-state index contributed by atoms with van der Waals surface area (Å²) in [4.78, 5) is 14.5. The van der Waals surface area contributed by atoms with E-state index in [-0.39, 0.29) is 16.7 Å². The molecule has 0 atom stereocenters. The van der Waals surface area contributed by atoms with Crippen LogP contribution < -0.4 is 10.2 Å². The summed E-state index contributed by atoms with van der Waals surface area (Å²) in [6, 6.07) is 12.3. The highest BCUT2D eigenvalue weighted by atomic mass is 19.1. The molecule has 4 nitrogen and oxygen atoms in total. The van der Waals surface area contributed by atoms with Gasteiger partial charge in [0.25, 0.3) is 5.91 Å². The molecule has 1 aliphatic rings. The van der Waals surface area contributed by atoms with Gasteiger partial charge in [-0.1, -0.05) is 18.2 Å². The summed E-state index contributed by atoms with van der Waals surface area (Å²) in [5.41, 5.74) is 4.10. The summed E-state index contributed by atoms with van der Waals surface area (Å²) in [5.74, 6) is -1.04. The molecular formula is C24H24FN3O. The largest absolute Gasteiger partial charge is 0.365 e. The first kappa shape index (κ1) is 20.3. The molecular weight excluding hydrogens is 365 g/mol. The predicted octanol–water partition coefficient (Wildman–Crippen LogP) is 5.31. The van der Waals surface area contributed by atoms with Gasteiger partial charge in [0.15, 0.2) is 0 Å². The summed E-state index contributed by atoms with van der Waals surface area (Å²) in [7, 11) is 1.92. The summed E-state index contributed by atoms with van der Waals surface area (Å²) in [5, 5.41) is 12.2. The molecule has 1 amide bonds. The van der Waals surface area contributed by atoms with Crippen LogP contribution in [0, 0.1) is 24.1 Å². The fourth-order valence-corrected chi connectivity index (χ4v) is 3.52. The third-order valence-corrected chi connectivity index (χ3v) is 5.28. The van der Waals surface area contributed by atoms with Gasteiger partial charge in [0.05, 0.1) is 5.54 Å². The number of carbonyl (C=O) groups is 1. The van der Waals surface area contributed by atoms with E-state index < -0.39 is 11.7 Å². The Morgan fingerprint density at radius 2 is 1.97 bits per heavy atom. The Morgan fingerprint density at radius 1 is 1.24 bits per heavy atom. The van der Waals surface area contributed by atoms with Gasteiger partial charge >= 0.3 is 0 Å². The molecule has 0 bridgehead atoms. The molecule has 1 N–H and O–H groups in total. The van der Waals surface area contributed by atoms with E-state index in [1.807, 2.05) is 44.0 Å². The van der Waals surface area contributed by atoms with Crippen LogP contribution in [0.25, 0.3) is 11.6 Å². The van der Waals surface area contributed by atoms with Gasteiger partial charge in [-0.25, -0.2) is 4.39 Å². The number of carbonyl (C=O) groups excluding carboxylic acids is 1. The van der Waals surface area contributed by atoms with Crippen molar-refractivity contribution in [3.8, 4) is 6.07 Å². The molecule has 0 saturated heterocycles. The molecule has 2 aromatic carbocycles. The lowest BCUT2D eigenvalue weighted by molar-refractivity contribution is -0.112. The minimum absolute atomic E-state index is 0.156. The summed E-state index contributed by atoms with van der Waals surface area (Å²) in [6.45, 7) is 8.02. The average molecular weight is 389 g/mol. The molecule has 2 aromatic rings. The van der Waals surface area contributed by atoms with E-state index in [0.717, 1.165) is 22.4 Å². The quantitative estimate of drug-likeness (QED) is 0.572. The maximum Gasteiger partial charge on any atom is 0.266 e. The fraction of sp³-hybridized carbons (Fsp3) is 0.250. The number of benzene rings is 2. The number of nitrogens with one attached hydrogen (secondary N) is 1. The molecule has 0 fully saturated rings. The number of amides is 1. The number of fused-ring (bicyclic) bond motifs is 1. The minimum Gasteiger partial charge on any atom is -0.365 e. The van der Waals surface area contributed by atoms with Crippen molar-refractivity contribution >= 4 is 28.9 Å². The number of nitrogens with zero attached hydrogens (tertiary/aromatic N) is 2. The molecule has 5 heteroatoms. The van der Waals surface area contributed by atoms with Gasteiger partial charge < -0.3 is 10.2 Å². The Kier molecular flexibility index (Phi) is 5.30. The lowest BCUT2D eigenvalue weighted by Crippen LogP contribution is -2.42. The van der Waals surface area contributed by atoms with Crippen LogP contribution in [0.1, 0.15) is 37.5 Å². The van der Waals surface area contributed by atoms with Crippen molar-refractivity contribution in [2.75, 3.05) is 17.3 Å². The number of rotatable bonds is 3. The Morgan fingerprint density at radius 3 is 2.62 bits per heavy atom. The van der Waals surface area contributed by atoms with Crippen LogP contribution in [0.4, 0.5) is 15.8 Å². The number of hydrogen-bond acceptors (Lipinski definition) is 3. The number of hydrogen-bond donors (Lipinski definition) is 1. The number of allylic oxidation sites excluding steroid dienone is 1. The van der Waals surface area contributed by atoms with Crippen LogP contribution >= 0.6 is 0 Å². The Balaban J connectivity index is 1.98. The summed E-state index contributed by atoms with van der Waals surface area (Å²) < 4.78 is 14.8. The van der Waals surface area contributed by atoms with Crippen molar-refractivity contribution in [3.63, 3.8) is 0 Å². The molecule has 1 aliphatic heterocycles. The van der Waals surface area contributed by atoms with Crippen molar-refractivity contribution in [1.29, 1.82) is 5.26 Å². The van der Waals surface area contributed by atoms with Gasteiger partial charge in [-0.15, -0.1) is 0 Å². The Bertz CT molecular complexity index is 1090. The monoisotopic (exact) mass is 389 g/mol. The highest BCUT2D eigenvalue weighted by Gasteiger charge is 2.29. The zero-order valence-corrected chi connectivity index (χ0v) is 17.3. The van der Waals surface area contributed by atoms with E-state index in [2.05, 4.69) is 25.2 Å². The average Bonchev–Trinajstić information content (AvgIpc) is 2.64. The topological polar surface area (TPSA) is 56.1 Å². The molecule has 148 valence electrons. The number of likely N-dealkylation sites (N-methyl/N-ethyl adjacent to an activating group) is 1. The second-order valence-corrected chi connectivity index (χ2v) is 7.92. The van der Waals surface area contributed by atoms with Gasteiger partial charge in [0, 0.05) is 29.5 Å². The predicted molar refractivity (Wildman–Crippen MR) is 116 cm³/mol. The van der Waals surface area contributed by atoms with Crippen LogP contribution in [-0.4, -0.2) is 18.5 Å². The molecule has 0 saturated carbocycles. The van der Waals surface area contributed by atoms with E-state index in [1.165, 1.54) is 12.1 Å². The molecule has 3 rings (SSSR count). The first-order valence-electron chi connectivity index (χ1n) is 9.39. The third-order valence-electron chi connectivity index (χ3n) is 5.28. The van der Waals surface area contributed by atoms with Crippen molar-refractivity contribution in [2.24, 2.45) is 0 Å². The van der Waals surface area contributed by atoms with Crippen LogP contribution in [0.2, 0.25) is 0 Å². The lowest BCUT2D eigenvalue weighted by Gasteiger charge is -2.40. The standard InChI is InChI=1S/C24H24FN3O/c1-15-7-6-8-19(9-15)27-23(29)18(14-26)10-17-11-20-16(2)13-24(3,4)28(5)22(20)12-21(17)25/h6-13H,1-5H3,(H,27,29)/b18-10+. The van der Waals surface area contributed by atoms with Gasteiger partial charge in [-0.05, 0) is 69.2 Å². The van der Waals surface area contributed by atoms with Crippen molar-refractivity contribution in [2.45, 2.75) is 33.2 Å². The molecule has 0 spiro atoms. The van der Waals surface area contributed by atoms with E-state index in [1.54, 1.807) is 18.2 Å². The smallest absolute Gasteiger partial charge is 0.266 e. The van der Waals surface area contributed by atoms with Crippen LogP contribution in [0.3, 0.4) is 0 Å². The van der Waals surface area contributed by atoms with Gasteiger partial charge in [0.2, 0.25) is 0 Å². The normalized spacial score (nSPS) is 15.3. The minimum atomic E-state index is -0.569. The fourth-order valence-electron chi connectivity index (χ4n) is 3.52. The van der Waals surface area contributed by atoms with Crippen LogP contribution in [-0.2, 0) is 4.79 Å². The zero-order chi connectivity index (χ0) is 21.3. The zero-order valence-electron chi connectivity index (χ0n) is 17.3. The molecule has 0 unspecified atom stereocenters. The third kappa shape index (κ3) is 4.07. The van der Waals surface area contributed by atoms with E-state index in [9.17, 15) is 14.4 Å². The lowest BCUT2D eigenvalue weighted by atomic mass is 9.88. The number of anilines is 2. The molecule has 0 aromatic heterocycles. The van der Waals surface area contributed by atoms with Crippen molar-refractivity contribution in [1.82, 2.24) is 0 Å². The Hall–Kier alpha value is -3.39. The summed E-state index contributed by atoms with van der Waals surface area (Å²) in [6.07, 6.45) is 3.42. The van der Waals surface area contributed by atoms with E-state index >= 15 is 0 Å². The first-order valence-corrected chi connectivity index (χ1v) is 9.39. The molecule has 0 radical (unpaired) electrons. The van der Waals surface area contributed by atoms with E-state index in [4.69, 9.17) is 0 Å². The second kappa shape index (κ2) is 7.56. The number of aryl methyl sites for hydroxylation is 1. The second-order valence-electron chi connectivity index (χ2n) is 7.92. The highest BCUT2D eigenvalue weighted by Crippen LogP contribution is 2.39. The number of halogens is 1. The maximum atomic E-state index is 14.8. The first-order chi connectivity index (χ1) is 13.6. The van der Waals surface area contributed by atoms with Gasteiger partial charge in [-0.2, -0.15) is 5.26 Å². The van der Waals surface area contributed by atoms with Crippen molar-refractivity contribution < 1.29 is 9.18 Å². The van der Waals surface area contributed by atoms with Crippen LogP contribution in [0.5, 0.6) is 0 Å². The van der Waals surface area contributed by atoms with Crippen LogP contribution in [0.15, 0.2) is 48.0 Å². The SMILES string of the molecule is CC1=CC(C)(C)N(C)c2cc(F)c(/C=C(\C#N)C(=O)Nc3cccc(C)c3)cc21. The molecule has 29 heavy (non-hydrogen) atoms. The maximum absolute atomic E-state index is 14.8. The Labute approximate surface area is 171 Å². The molecule has 1 heterocycles. The van der Waals surface area contributed by atoms with Gasteiger partial charge in [0.1, 0.15) is 17.5 Å².